The van der Waals surface area contributed by atoms with Crippen molar-refractivity contribution in [1.82, 2.24) is 10.3 Å². The van der Waals surface area contributed by atoms with Crippen LogP contribution < -0.4 is 5.32 Å². The van der Waals surface area contributed by atoms with E-state index in [4.69, 9.17) is 0 Å². The van der Waals surface area contributed by atoms with Gasteiger partial charge in [-0.1, -0.05) is 20.8 Å². The molecule has 0 aromatic carbocycles. The lowest BCUT2D eigenvalue weighted by molar-refractivity contribution is 0.391. The van der Waals surface area contributed by atoms with E-state index in [9.17, 15) is 0 Å². The third-order valence-electron chi connectivity index (χ3n) is 2.47. The van der Waals surface area contributed by atoms with Gasteiger partial charge >= 0.3 is 0 Å². The molecule has 0 spiro atoms. The van der Waals surface area contributed by atoms with Crippen molar-refractivity contribution in [2.24, 2.45) is 5.92 Å². The predicted molar refractivity (Wildman–Crippen MR) is 62.7 cm³/mol. The fourth-order valence-corrected chi connectivity index (χ4v) is 2.21. The first-order valence-corrected chi connectivity index (χ1v) is 6.23. The average Bonchev–Trinajstić information content (AvgIpc) is 2.64. The molecule has 1 unspecified atom stereocenters. The van der Waals surface area contributed by atoms with Crippen LogP contribution in [0.3, 0.4) is 0 Å². The van der Waals surface area contributed by atoms with Crippen molar-refractivity contribution in [2.75, 3.05) is 6.54 Å². The molecule has 0 aliphatic heterocycles. The first-order valence-electron chi connectivity index (χ1n) is 5.35. The molecule has 0 fully saturated rings. The number of hydrogen-bond donors (Lipinski definition) is 1. The quantitative estimate of drug-likeness (QED) is 0.784. The van der Waals surface area contributed by atoms with E-state index in [1.54, 1.807) is 11.3 Å². The standard InChI is InChI=1S/C11H20N2S/c1-4-10(9(2)3)12-6-5-11-13-7-8-14-11/h7-10,12H,4-6H2,1-3H3. The minimum atomic E-state index is 0.648. The summed E-state index contributed by atoms with van der Waals surface area (Å²) in [6.45, 7) is 7.82. The third-order valence-corrected chi connectivity index (χ3v) is 3.31. The molecule has 3 heteroatoms. The second-order valence-electron chi connectivity index (χ2n) is 3.89. The summed E-state index contributed by atoms with van der Waals surface area (Å²) in [5.41, 5.74) is 0. The van der Waals surface area contributed by atoms with Crippen molar-refractivity contribution in [3.63, 3.8) is 0 Å². The second kappa shape index (κ2) is 6.14. The molecular weight excluding hydrogens is 192 g/mol. The van der Waals surface area contributed by atoms with Crippen molar-refractivity contribution in [1.29, 1.82) is 0 Å². The van der Waals surface area contributed by atoms with Crippen LogP contribution in [0.25, 0.3) is 0 Å². The maximum Gasteiger partial charge on any atom is 0.0937 e. The van der Waals surface area contributed by atoms with Crippen molar-refractivity contribution in [3.05, 3.63) is 16.6 Å². The summed E-state index contributed by atoms with van der Waals surface area (Å²) in [7, 11) is 0. The van der Waals surface area contributed by atoms with E-state index in [1.165, 1.54) is 11.4 Å². The van der Waals surface area contributed by atoms with Crippen LogP contribution in [-0.2, 0) is 6.42 Å². The van der Waals surface area contributed by atoms with Crippen molar-refractivity contribution >= 4 is 11.3 Å². The van der Waals surface area contributed by atoms with Crippen molar-refractivity contribution in [2.45, 2.75) is 39.7 Å². The summed E-state index contributed by atoms with van der Waals surface area (Å²) >= 11 is 1.74. The van der Waals surface area contributed by atoms with Gasteiger partial charge in [0.25, 0.3) is 0 Å². The topological polar surface area (TPSA) is 24.9 Å². The van der Waals surface area contributed by atoms with Gasteiger partial charge in [-0.15, -0.1) is 11.3 Å². The molecule has 80 valence electrons. The fraction of sp³-hybridized carbons (Fsp3) is 0.727. The lowest BCUT2D eigenvalue weighted by Crippen LogP contribution is -2.34. The molecule has 2 nitrogen and oxygen atoms in total. The summed E-state index contributed by atoms with van der Waals surface area (Å²) in [6.07, 6.45) is 4.14. The van der Waals surface area contributed by atoms with E-state index in [1.807, 2.05) is 11.6 Å². The lowest BCUT2D eigenvalue weighted by Gasteiger charge is -2.20. The molecule has 0 saturated heterocycles. The van der Waals surface area contributed by atoms with Crippen LogP contribution in [0.15, 0.2) is 11.6 Å². The van der Waals surface area contributed by atoms with Gasteiger partial charge in [0.15, 0.2) is 0 Å². The zero-order chi connectivity index (χ0) is 10.4. The van der Waals surface area contributed by atoms with Gasteiger partial charge in [-0.25, -0.2) is 4.98 Å². The molecule has 0 aliphatic carbocycles. The lowest BCUT2D eigenvalue weighted by atomic mass is 10.0. The maximum atomic E-state index is 4.26. The Morgan fingerprint density at radius 3 is 2.79 bits per heavy atom. The molecular formula is C11H20N2S. The van der Waals surface area contributed by atoms with E-state index in [0.717, 1.165) is 18.9 Å². The normalized spacial score (nSPS) is 13.4. The maximum absolute atomic E-state index is 4.26. The van der Waals surface area contributed by atoms with Crippen molar-refractivity contribution < 1.29 is 0 Å². The van der Waals surface area contributed by atoms with Crippen LogP contribution in [0, 0.1) is 5.92 Å². The van der Waals surface area contributed by atoms with Crippen LogP contribution in [0.2, 0.25) is 0 Å². The molecule has 0 amide bonds. The summed E-state index contributed by atoms with van der Waals surface area (Å²) in [6, 6.07) is 0.648. The number of aromatic nitrogens is 1. The first kappa shape index (κ1) is 11.7. The second-order valence-corrected chi connectivity index (χ2v) is 4.87. The Hall–Kier alpha value is -0.410. The van der Waals surface area contributed by atoms with E-state index >= 15 is 0 Å². The molecule has 1 heterocycles. The van der Waals surface area contributed by atoms with E-state index < -0.39 is 0 Å². The molecule has 14 heavy (non-hydrogen) atoms. The minimum absolute atomic E-state index is 0.648. The molecule has 0 saturated carbocycles. The van der Waals surface area contributed by atoms with Gasteiger partial charge in [0.05, 0.1) is 5.01 Å². The fourth-order valence-electron chi connectivity index (χ4n) is 1.59. The highest BCUT2D eigenvalue weighted by Gasteiger charge is 2.09. The van der Waals surface area contributed by atoms with Crippen LogP contribution in [-0.4, -0.2) is 17.6 Å². The minimum Gasteiger partial charge on any atom is -0.313 e. The summed E-state index contributed by atoms with van der Waals surface area (Å²) in [5, 5.41) is 6.84. The Balaban J connectivity index is 2.20. The van der Waals surface area contributed by atoms with Crippen LogP contribution >= 0.6 is 11.3 Å². The largest absolute Gasteiger partial charge is 0.313 e. The van der Waals surface area contributed by atoms with Gasteiger partial charge in [0.2, 0.25) is 0 Å². The molecule has 1 aromatic rings. The molecule has 1 rings (SSSR count). The summed E-state index contributed by atoms with van der Waals surface area (Å²) in [5.74, 6) is 0.719. The Morgan fingerprint density at radius 2 is 2.29 bits per heavy atom. The van der Waals surface area contributed by atoms with Gasteiger partial charge in [0, 0.05) is 30.6 Å². The van der Waals surface area contributed by atoms with E-state index in [2.05, 4.69) is 31.1 Å². The molecule has 0 aliphatic rings. The Bertz CT molecular complexity index is 231. The zero-order valence-electron chi connectivity index (χ0n) is 9.29. The van der Waals surface area contributed by atoms with Crippen LogP contribution in [0.5, 0.6) is 0 Å². The smallest absolute Gasteiger partial charge is 0.0937 e. The van der Waals surface area contributed by atoms with Gasteiger partial charge in [-0.3, -0.25) is 0 Å². The SMILES string of the molecule is CCC(NCCc1nccs1)C(C)C. The Morgan fingerprint density at radius 1 is 1.50 bits per heavy atom. The highest BCUT2D eigenvalue weighted by Crippen LogP contribution is 2.07. The first-order chi connectivity index (χ1) is 6.74. The molecule has 1 aromatic heterocycles. The van der Waals surface area contributed by atoms with E-state index in [-0.39, 0.29) is 0 Å². The molecule has 1 atom stereocenters. The average molecular weight is 212 g/mol. The number of rotatable bonds is 6. The summed E-state index contributed by atoms with van der Waals surface area (Å²) in [4.78, 5) is 4.26. The van der Waals surface area contributed by atoms with Gasteiger partial charge < -0.3 is 5.32 Å². The van der Waals surface area contributed by atoms with E-state index in [0.29, 0.717) is 6.04 Å². The number of hydrogen-bond acceptors (Lipinski definition) is 3. The Kier molecular flexibility index (Phi) is 5.12. The molecule has 1 N–H and O–H groups in total. The van der Waals surface area contributed by atoms with Crippen LogP contribution in [0.1, 0.15) is 32.2 Å². The third kappa shape index (κ3) is 3.76. The Labute approximate surface area is 90.8 Å². The van der Waals surface area contributed by atoms with Crippen molar-refractivity contribution in [3.8, 4) is 0 Å². The highest BCUT2D eigenvalue weighted by atomic mass is 32.1. The zero-order valence-corrected chi connectivity index (χ0v) is 10.1. The number of nitrogens with one attached hydrogen (secondary N) is 1. The number of thiazole rings is 1. The molecule has 0 radical (unpaired) electrons. The van der Waals surface area contributed by atoms with Gasteiger partial charge in [-0.2, -0.15) is 0 Å². The predicted octanol–water partition coefficient (Wildman–Crippen LogP) is 2.71. The highest BCUT2D eigenvalue weighted by molar-refractivity contribution is 7.09. The monoisotopic (exact) mass is 212 g/mol. The van der Waals surface area contributed by atoms with Crippen LogP contribution in [0.4, 0.5) is 0 Å². The molecule has 0 bridgehead atoms. The summed E-state index contributed by atoms with van der Waals surface area (Å²) < 4.78 is 0. The number of nitrogens with zero attached hydrogens (tertiary/aromatic N) is 1. The van der Waals surface area contributed by atoms with Gasteiger partial charge in [0.1, 0.15) is 0 Å². The van der Waals surface area contributed by atoms with Gasteiger partial charge in [-0.05, 0) is 12.3 Å².